The van der Waals surface area contributed by atoms with Crippen LogP contribution in [-0.4, -0.2) is 13.2 Å². The van der Waals surface area contributed by atoms with E-state index in [2.05, 4.69) is 32.0 Å². The van der Waals surface area contributed by atoms with Gasteiger partial charge in [-0.1, -0.05) is 40.0 Å². The Labute approximate surface area is 129 Å². The zero-order valence-corrected chi connectivity index (χ0v) is 13.8. The van der Waals surface area contributed by atoms with Crippen LogP contribution in [0.5, 0.6) is 0 Å². The van der Waals surface area contributed by atoms with Crippen molar-refractivity contribution in [2.45, 2.75) is 65.7 Å². The second-order valence-electron chi connectivity index (χ2n) is 5.57. The summed E-state index contributed by atoms with van der Waals surface area (Å²) in [6, 6.07) is 0. The van der Waals surface area contributed by atoms with Crippen molar-refractivity contribution < 1.29 is 9.47 Å². The second-order valence-corrected chi connectivity index (χ2v) is 5.57. The first-order valence-corrected chi connectivity index (χ1v) is 8.35. The van der Waals surface area contributed by atoms with Crippen LogP contribution in [0.25, 0.3) is 0 Å². The van der Waals surface area contributed by atoms with Gasteiger partial charge in [-0.25, -0.2) is 5.53 Å². The molecule has 21 heavy (non-hydrogen) atoms. The Morgan fingerprint density at radius 3 is 2.43 bits per heavy atom. The van der Waals surface area contributed by atoms with Crippen LogP contribution < -0.4 is 0 Å². The Kier molecular flexibility index (Phi) is 8.79. The van der Waals surface area contributed by atoms with Gasteiger partial charge in [-0.15, -0.1) is 0 Å². The lowest BCUT2D eigenvalue weighted by Crippen LogP contribution is -2.13. The summed E-state index contributed by atoms with van der Waals surface area (Å²) in [6.45, 7) is 7.73. The molecule has 0 aliphatic heterocycles. The third-order valence-corrected chi connectivity index (χ3v) is 3.56. The summed E-state index contributed by atoms with van der Waals surface area (Å²) in [5.74, 6) is 2.02. The van der Waals surface area contributed by atoms with Gasteiger partial charge in [-0.2, -0.15) is 5.11 Å². The van der Waals surface area contributed by atoms with Crippen LogP contribution >= 0.6 is 0 Å². The molecular formula is C17H30N2O2. The van der Waals surface area contributed by atoms with Crippen LogP contribution in [0.3, 0.4) is 0 Å². The van der Waals surface area contributed by atoms with E-state index >= 15 is 0 Å². The number of unbranched alkanes of at least 4 members (excludes halogenated alkanes) is 2. The van der Waals surface area contributed by atoms with E-state index in [0.717, 1.165) is 37.2 Å². The van der Waals surface area contributed by atoms with Crippen molar-refractivity contribution in [1.82, 2.24) is 0 Å². The Hall–Kier alpha value is -1.32. The first kappa shape index (κ1) is 17.7. The van der Waals surface area contributed by atoms with E-state index in [9.17, 15) is 0 Å². The molecule has 0 aromatic rings. The largest absolute Gasteiger partial charge is 0.495 e. The fraction of sp³-hybridized carbons (Fsp3) is 0.765. The fourth-order valence-corrected chi connectivity index (χ4v) is 2.46. The van der Waals surface area contributed by atoms with Crippen LogP contribution in [0.4, 0.5) is 0 Å². The van der Waals surface area contributed by atoms with Gasteiger partial charge < -0.3 is 9.47 Å². The maximum absolute atomic E-state index is 7.43. The van der Waals surface area contributed by atoms with Gasteiger partial charge >= 0.3 is 0 Å². The van der Waals surface area contributed by atoms with Gasteiger partial charge in [0.25, 0.3) is 0 Å². The summed E-state index contributed by atoms with van der Waals surface area (Å²) in [7, 11) is 0. The zero-order valence-electron chi connectivity index (χ0n) is 13.8. The van der Waals surface area contributed by atoms with Crippen molar-refractivity contribution in [3.8, 4) is 0 Å². The SMILES string of the molecule is CCCCCC1C=C(OCCC)C(N=N)=C(OCCC)C1. The van der Waals surface area contributed by atoms with Gasteiger partial charge in [0.2, 0.25) is 0 Å². The smallest absolute Gasteiger partial charge is 0.164 e. The Balaban J connectivity index is 2.81. The molecule has 4 nitrogen and oxygen atoms in total. The van der Waals surface area contributed by atoms with Crippen molar-refractivity contribution in [2.24, 2.45) is 11.0 Å². The minimum Gasteiger partial charge on any atom is -0.495 e. The van der Waals surface area contributed by atoms with Gasteiger partial charge in [0.15, 0.2) is 5.70 Å². The topological polar surface area (TPSA) is 54.7 Å². The number of nitrogens with one attached hydrogen (secondary N) is 1. The summed E-state index contributed by atoms with van der Waals surface area (Å²) in [5.41, 5.74) is 8.02. The molecule has 1 aliphatic rings. The zero-order chi connectivity index (χ0) is 15.5. The lowest BCUT2D eigenvalue weighted by atomic mass is 9.91. The predicted octanol–water partition coefficient (Wildman–Crippen LogP) is 5.57. The molecule has 1 rings (SSSR count). The van der Waals surface area contributed by atoms with Gasteiger partial charge in [0, 0.05) is 6.42 Å². The van der Waals surface area contributed by atoms with E-state index in [0.29, 0.717) is 24.8 Å². The average Bonchev–Trinajstić information content (AvgIpc) is 2.50. The molecule has 0 aromatic heterocycles. The predicted molar refractivity (Wildman–Crippen MR) is 85.0 cm³/mol. The normalized spacial score (nSPS) is 18.4. The molecule has 0 spiro atoms. The van der Waals surface area contributed by atoms with E-state index in [1.165, 1.54) is 19.3 Å². The molecule has 0 saturated heterocycles. The maximum atomic E-state index is 7.43. The highest BCUT2D eigenvalue weighted by atomic mass is 16.5. The molecule has 120 valence electrons. The second kappa shape index (κ2) is 10.4. The summed E-state index contributed by atoms with van der Waals surface area (Å²) in [5, 5.41) is 3.66. The van der Waals surface area contributed by atoms with Crippen molar-refractivity contribution in [3.63, 3.8) is 0 Å². The van der Waals surface area contributed by atoms with Crippen LogP contribution in [0.1, 0.15) is 65.7 Å². The van der Waals surface area contributed by atoms with E-state index in [1.54, 1.807) is 0 Å². The van der Waals surface area contributed by atoms with Crippen LogP contribution in [0, 0.1) is 11.4 Å². The molecule has 4 heteroatoms. The standard InChI is InChI=1S/C17H30N2O2/c1-4-7-8-9-14-12-15(20-10-5-2)17(19-18)16(13-14)21-11-6-3/h12,14,18H,4-11,13H2,1-3H3. The molecule has 0 heterocycles. The molecule has 0 aromatic carbocycles. The summed E-state index contributed by atoms with van der Waals surface area (Å²) < 4.78 is 11.6. The Morgan fingerprint density at radius 2 is 1.81 bits per heavy atom. The summed E-state index contributed by atoms with van der Waals surface area (Å²) >= 11 is 0. The molecule has 0 bridgehead atoms. The van der Waals surface area contributed by atoms with Crippen molar-refractivity contribution in [3.05, 3.63) is 23.3 Å². The summed E-state index contributed by atoms with van der Waals surface area (Å²) in [4.78, 5) is 0. The molecular weight excluding hydrogens is 264 g/mol. The molecule has 1 aliphatic carbocycles. The number of ether oxygens (including phenoxy) is 2. The van der Waals surface area contributed by atoms with Gasteiger partial charge in [-0.3, -0.25) is 0 Å². The van der Waals surface area contributed by atoms with E-state index in [-0.39, 0.29) is 0 Å². The van der Waals surface area contributed by atoms with Crippen molar-refractivity contribution in [2.75, 3.05) is 13.2 Å². The van der Waals surface area contributed by atoms with Gasteiger partial charge in [0.1, 0.15) is 11.5 Å². The Bertz CT molecular complexity index is 375. The highest BCUT2D eigenvalue weighted by Crippen LogP contribution is 2.34. The molecule has 0 saturated carbocycles. The third-order valence-electron chi connectivity index (χ3n) is 3.56. The van der Waals surface area contributed by atoms with E-state index in [4.69, 9.17) is 15.0 Å². The highest BCUT2D eigenvalue weighted by Gasteiger charge is 2.24. The monoisotopic (exact) mass is 294 g/mol. The molecule has 1 unspecified atom stereocenters. The molecule has 1 N–H and O–H groups in total. The molecule has 0 fully saturated rings. The van der Waals surface area contributed by atoms with E-state index in [1.807, 2.05) is 0 Å². The minimum absolute atomic E-state index is 0.445. The first-order valence-electron chi connectivity index (χ1n) is 8.35. The van der Waals surface area contributed by atoms with Crippen LogP contribution in [-0.2, 0) is 9.47 Å². The average molecular weight is 294 g/mol. The first-order chi connectivity index (χ1) is 10.3. The maximum Gasteiger partial charge on any atom is 0.164 e. The summed E-state index contributed by atoms with van der Waals surface area (Å²) in [6.07, 6.45) is 9.79. The third kappa shape index (κ3) is 5.90. The van der Waals surface area contributed by atoms with Crippen molar-refractivity contribution in [1.29, 1.82) is 5.53 Å². The van der Waals surface area contributed by atoms with Gasteiger partial charge in [-0.05, 0) is 31.3 Å². The lowest BCUT2D eigenvalue weighted by Gasteiger charge is -2.24. The molecule has 0 amide bonds. The lowest BCUT2D eigenvalue weighted by molar-refractivity contribution is 0.168. The number of rotatable bonds is 11. The van der Waals surface area contributed by atoms with Crippen LogP contribution in [0.2, 0.25) is 0 Å². The highest BCUT2D eigenvalue weighted by molar-refractivity contribution is 5.32. The number of nitrogens with zero attached hydrogens (tertiary/aromatic N) is 1. The molecule has 0 radical (unpaired) electrons. The fourth-order valence-electron chi connectivity index (χ4n) is 2.46. The van der Waals surface area contributed by atoms with Crippen molar-refractivity contribution >= 4 is 0 Å². The number of allylic oxidation sites excluding steroid dienone is 2. The van der Waals surface area contributed by atoms with Gasteiger partial charge in [0.05, 0.1) is 13.2 Å². The quantitative estimate of drug-likeness (QED) is 0.400. The van der Waals surface area contributed by atoms with Crippen LogP contribution in [0.15, 0.2) is 28.4 Å². The molecule has 1 atom stereocenters. The number of hydrogen-bond acceptors (Lipinski definition) is 4. The Morgan fingerprint density at radius 1 is 1.10 bits per heavy atom. The number of hydrogen-bond donors (Lipinski definition) is 1. The van der Waals surface area contributed by atoms with E-state index < -0.39 is 0 Å². The minimum atomic E-state index is 0.445.